The molecule has 2 heterocycles. The zero-order valence-corrected chi connectivity index (χ0v) is 10.7. The molecule has 0 aromatic carbocycles. The fourth-order valence-corrected chi connectivity index (χ4v) is 3.28. The molecule has 1 N–H and O–H groups in total. The van der Waals surface area contributed by atoms with Crippen molar-refractivity contribution < 1.29 is 4.74 Å². The van der Waals surface area contributed by atoms with Crippen molar-refractivity contribution in [2.75, 3.05) is 19.7 Å². The lowest BCUT2D eigenvalue weighted by atomic mass is 10.1. The first-order valence-electron chi connectivity index (χ1n) is 7.27. The third-order valence-electron chi connectivity index (χ3n) is 4.48. The van der Waals surface area contributed by atoms with Gasteiger partial charge in [0.05, 0.1) is 24.8 Å². The number of nitrogens with zero attached hydrogens (tertiary/aromatic N) is 2. The second-order valence-corrected chi connectivity index (χ2v) is 5.95. The van der Waals surface area contributed by atoms with Crippen molar-refractivity contribution in [3.05, 3.63) is 18.2 Å². The first-order chi connectivity index (χ1) is 8.93. The molecule has 0 spiro atoms. The van der Waals surface area contributed by atoms with E-state index in [2.05, 4.69) is 14.9 Å². The zero-order valence-electron chi connectivity index (χ0n) is 10.7. The molecule has 3 aliphatic rings. The standard InChI is InChI=1S/C14H21N3O/c1-2-10(1)14(11-3-4-11)17-9-16-7-12(17)13-8-15-5-6-18-13/h7,9-11,13-15H,1-6,8H2. The number of imidazole rings is 1. The SMILES string of the molecule is c1ncn(C(C2CC2)C2CC2)c1C1CNCCO1. The summed E-state index contributed by atoms with van der Waals surface area (Å²) in [6.45, 7) is 2.71. The van der Waals surface area contributed by atoms with Crippen molar-refractivity contribution in [1.82, 2.24) is 14.9 Å². The Bertz CT molecular complexity index is 404. The smallest absolute Gasteiger partial charge is 0.111 e. The summed E-state index contributed by atoms with van der Waals surface area (Å²) in [5, 5.41) is 3.41. The summed E-state index contributed by atoms with van der Waals surface area (Å²) in [5.74, 6) is 1.81. The molecule has 1 saturated heterocycles. The molecule has 0 amide bonds. The lowest BCUT2D eigenvalue weighted by molar-refractivity contribution is 0.0213. The van der Waals surface area contributed by atoms with Crippen LogP contribution in [-0.2, 0) is 4.74 Å². The van der Waals surface area contributed by atoms with E-state index in [1.165, 1.54) is 31.4 Å². The van der Waals surface area contributed by atoms with Crippen molar-refractivity contribution in [2.24, 2.45) is 11.8 Å². The van der Waals surface area contributed by atoms with Gasteiger partial charge >= 0.3 is 0 Å². The Hall–Kier alpha value is -0.870. The predicted octanol–water partition coefficient (Wildman–Crippen LogP) is 1.91. The first-order valence-corrected chi connectivity index (χ1v) is 7.27. The monoisotopic (exact) mass is 247 g/mol. The summed E-state index contributed by atoms with van der Waals surface area (Å²) in [7, 11) is 0. The van der Waals surface area contributed by atoms with Gasteiger partial charge in [0.15, 0.2) is 0 Å². The number of hydrogen-bond donors (Lipinski definition) is 1. The first kappa shape index (κ1) is 11.0. The average molecular weight is 247 g/mol. The fraction of sp³-hybridized carbons (Fsp3) is 0.786. The van der Waals surface area contributed by atoms with E-state index >= 15 is 0 Å². The normalized spacial score (nSPS) is 28.8. The van der Waals surface area contributed by atoms with E-state index in [1.54, 1.807) is 0 Å². The Balaban J connectivity index is 1.61. The number of ether oxygens (including phenoxy) is 1. The predicted molar refractivity (Wildman–Crippen MR) is 68.3 cm³/mol. The summed E-state index contributed by atoms with van der Waals surface area (Å²) in [6.07, 6.45) is 9.86. The van der Waals surface area contributed by atoms with Crippen LogP contribution in [0.4, 0.5) is 0 Å². The number of rotatable bonds is 4. The summed E-state index contributed by atoms with van der Waals surface area (Å²) in [4.78, 5) is 4.39. The van der Waals surface area contributed by atoms with Crippen LogP contribution in [0, 0.1) is 11.8 Å². The molecule has 1 unspecified atom stereocenters. The van der Waals surface area contributed by atoms with Crippen LogP contribution in [0.2, 0.25) is 0 Å². The lowest BCUT2D eigenvalue weighted by Crippen LogP contribution is -2.34. The summed E-state index contributed by atoms with van der Waals surface area (Å²) in [5.41, 5.74) is 1.28. The highest BCUT2D eigenvalue weighted by Gasteiger charge is 2.43. The molecular weight excluding hydrogens is 226 g/mol. The molecule has 2 aliphatic carbocycles. The van der Waals surface area contributed by atoms with Crippen molar-refractivity contribution in [3.8, 4) is 0 Å². The van der Waals surface area contributed by atoms with Crippen LogP contribution >= 0.6 is 0 Å². The van der Waals surface area contributed by atoms with Gasteiger partial charge < -0.3 is 14.6 Å². The minimum atomic E-state index is 0.196. The van der Waals surface area contributed by atoms with Crippen LogP contribution in [0.25, 0.3) is 0 Å². The van der Waals surface area contributed by atoms with Gasteiger partial charge in [-0.2, -0.15) is 0 Å². The van der Waals surface area contributed by atoms with Crippen LogP contribution in [-0.4, -0.2) is 29.2 Å². The Kier molecular flexibility index (Phi) is 2.66. The molecule has 4 heteroatoms. The van der Waals surface area contributed by atoms with Gasteiger partial charge in [0, 0.05) is 19.1 Å². The maximum atomic E-state index is 5.89. The van der Waals surface area contributed by atoms with Gasteiger partial charge in [-0.1, -0.05) is 0 Å². The number of hydrogen-bond acceptors (Lipinski definition) is 3. The molecule has 0 bridgehead atoms. The van der Waals surface area contributed by atoms with Crippen LogP contribution in [0.3, 0.4) is 0 Å². The summed E-state index contributed by atoms with van der Waals surface area (Å²) >= 11 is 0. The van der Waals surface area contributed by atoms with Crippen molar-refractivity contribution in [2.45, 2.75) is 37.8 Å². The van der Waals surface area contributed by atoms with E-state index < -0.39 is 0 Å². The third-order valence-corrected chi connectivity index (χ3v) is 4.48. The topological polar surface area (TPSA) is 39.1 Å². The van der Waals surface area contributed by atoms with Gasteiger partial charge in [-0.15, -0.1) is 0 Å². The highest BCUT2D eigenvalue weighted by Crippen LogP contribution is 2.52. The Morgan fingerprint density at radius 2 is 2.06 bits per heavy atom. The second kappa shape index (κ2) is 4.35. The van der Waals surface area contributed by atoms with Gasteiger partial charge in [0.1, 0.15) is 6.10 Å². The molecule has 1 aromatic rings. The Morgan fingerprint density at radius 1 is 1.28 bits per heavy atom. The van der Waals surface area contributed by atoms with Gasteiger partial charge in [-0.25, -0.2) is 4.98 Å². The molecule has 0 radical (unpaired) electrons. The van der Waals surface area contributed by atoms with Crippen molar-refractivity contribution in [3.63, 3.8) is 0 Å². The molecule has 1 atom stereocenters. The Morgan fingerprint density at radius 3 is 2.67 bits per heavy atom. The van der Waals surface area contributed by atoms with E-state index in [1.807, 2.05) is 12.5 Å². The molecule has 4 rings (SSSR count). The van der Waals surface area contributed by atoms with Crippen LogP contribution < -0.4 is 5.32 Å². The van der Waals surface area contributed by atoms with Gasteiger partial charge in [0.25, 0.3) is 0 Å². The van der Waals surface area contributed by atoms with E-state index in [-0.39, 0.29) is 6.10 Å². The fourth-order valence-electron chi connectivity index (χ4n) is 3.28. The number of morpholine rings is 1. The zero-order chi connectivity index (χ0) is 11.9. The molecule has 1 aliphatic heterocycles. The second-order valence-electron chi connectivity index (χ2n) is 5.95. The third kappa shape index (κ3) is 1.97. The molecule has 4 nitrogen and oxygen atoms in total. The van der Waals surface area contributed by atoms with E-state index in [9.17, 15) is 0 Å². The van der Waals surface area contributed by atoms with Crippen LogP contribution in [0.15, 0.2) is 12.5 Å². The van der Waals surface area contributed by atoms with E-state index in [0.29, 0.717) is 6.04 Å². The van der Waals surface area contributed by atoms with Crippen molar-refractivity contribution >= 4 is 0 Å². The van der Waals surface area contributed by atoms with Gasteiger partial charge in [-0.05, 0) is 37.5 Å². The van der Waals surface area contributed by atoms with Gasteiger partial charge in [0.2, 0.25) is 0 Å². The van der Waals surface area contributed by atoms with Crippen LogP contribution in [0.5, 0.6) is 0 Å². The minimum absolute atomic E-state index is 0.196. The molecule has 2 saturated carbocycles. The molecule has 1 aromatic heterocycles. The highest BCUT2D eigenvalue weighted by molar-refractivity contribution is 5.10. The average Bonchev–Trinajstić information content (AvgIpc) is 3.32. The Labute approximate surface area is 108 Å². The maximum Gasteiger partial charge on any atom is 0.111 e. The highest BCUT2D eigenvalue weighted by atomic mass is 16.5. The lowest BCUT2D eigenvalue weighted by Gasteiger charge is -2.27. The quantitative estimate of drug-likeness (QED) is 0.883. The van der Waals surface area contributed by atoms with Crippen LogP contribution in [0.1, 0.15) is 43.5 Å². The number of nitrogens with one attached hydrogen (secondary N) is 1. The van der Waals surface area contributed by atoms with Crippen molar-refractivity contribution in [1.29, 1.82) is 0 Å². The van der Waals surface area contributed by atoms with Gasteiger partial charge in [-0.3, -0.25) is 0 Å². The maximum absolute atomic E-state index is 5.89. The van der Waals surface area contributed by atoms with E-state index in [4.69, 9.17) is 4.74 Å². The minimum Gasteiger partial charge on any atom is -0.369 e. The summed E-state index contributed by atoms with van der Waals surface area (Å²) in [6, 6.07) is 0.702. The largest absolute Gasteiger partial charge is 0.369 e. The number of aromatic nitrogens is 2. The molecule has 18 heavy (non-hydrogen) atoms. The van der Waals surface area contributed by atoms with E-state index in [0.717, 1.165) is 31.5 Å². The molecular formula is C14H21N3O. The molecule has 98 valence electrons. The summed E-state index contributed by atoms with van der Waals surface area (Å²) < 4.78 is 8.33. The molecule has 3 fully saturated rings.